The van der Waals surface area contributed by atoms with Crippen molar-refractivity contribution in [2.75, 3.05) is 5.32 Å². The number of amides is 1. The Morgan fingerprint density at radius 1 is 1.22 bits per heavy atom. The molecule has 1 heterocycles. The third-order valence-electron chi connectivity index (χ3n) is 2.86. The minimum absolute atomic E-state index is 0. The Bertz CT molecular complexity index is 384. The lowest BCUT2D eigenvalue weighted by Crippen LogP contribution is -2.25. The van der Waals surface area contributed by atoms with Gasteiger partial charge in [0, 0.05) is 12.0 Å². The maximum atomic E-state index is 11.9. The molecule has 0 aromatic carbocycles. The molecule has 0 unspecified atom stereocenters. The van der Waals surface area contributed by atoms with Crippen LogP contribution < -0.4 is 5.32 Å². The molecule has 1 aliphatic rings. The first-order valence-electron chi connectivity index (χ1n) is 5.54. The summed E-state index contributed by atoms with van der Waals surface area (Å²) in [7, 11) is 0. The van der Waals surface area contributed by atoms with Gasteiger partial charge in [-0.15, -0.1) is 24.8 Å². The molecule has 0 saturated heterocycles. The van der Waals surface area contributed by atoms with E-state index in [9.17, 15) is 4.79 Å². The SMILES string of the molecule is Cl.Cl.O=C(Nc1cc(Cl)ncn1)C1CCCCC1. The molecule has 1 aromatic rings. The number of halogens is 3. The van der Waals surface area contributed by atoms with Crippen LogP contribution in [0.15, 0.2) is 12.4 Å². The van der Waals surface area contributed by atoms with Gasteiger partial charge < -0.3 is 5.32 Å². The molecular weight excluding hydrogens is 297 g/mol. The molecule has 1 aromatic heterocycles. The fourth-order valence-corrected chi connectivity index (χ4v) is 2.14. The summed E-state index contributed by atoms with van der Waals surface area (Å²) in [4.78, 5) is 19.6. The molecular formula is C11H16Cl3N3O. The predicted octanol–water partition coefficient (Wildman–Crippen LogP) is 3.49. The standard InChI is InChI=1S/C11H14ClN3O.2ClH/c12-9-6-10(14-7-13-9)15-11(16)8-4-2-1-3-5-8;;/h6-8H,1-5H2,(H,13,14,15,16);2*1H. The molecule has 0 bridgehead atoms. The first-order chi connectivity index (χ1) is 7.75. The highest BCUT2D eigenvalue weighted by molar-refractivity contribution is 6.29. The van der Waals surface area contributed by atoms with E-state index < -0.39 is 0 Å². The van der Waals surface area contributed by atoms with Crippen molar-refractivity contribution in [3.8, 4) is 0 Å². The second-order valence-electron chi connectivity index (χ2n) is 4.05. The van der Waals surface area contributed by atoms with Crippen LogP contribution in [0, 0.1) is 5.92 Å². The van der Waals surface area contributed by atoms with Gasteiger partial charge in [-0.2, -0.15) is 0 Å². The van der Waals surface area contributed by atoms with E-state index in [1.165, 1.54) is 12.7 Å². The van der Waals surface area contributed by atoms with E-state index in [1.54, 1.807) is 6.07 Å². The Kier molecular flexibility index (Phi) is 8.24. The van der Waals surface area contributed by atoms with E-state index in [0.29, 0.717) is 11.0 Å². The number of anilines is 1. The number of hydrogen-bond acceptors (Lipinski definition) is 3. The van der Waals surface area contributed by atoms with Gasteiger partial charge in [-0.3, -0.25) is 4.79 Å². The van der Waals surface area contributed by atoms with Gasteiger partial charge in [0.25, 0.3) is 0 Å². The van der Waals surface area contributed by atoms with Crippen LogP contribution in [0.25, 0.3) is 0 Å². The van der Waals surface area contributed by atoms with Crippen LogP contribution in [0.2, 0.25) is 5.15 Å². The molecule has 1 N–H and O–H groups in total. The molecule has 1 amide bonds. The van der Waals surface area contributed by atoms with Crippen LogP contribution in [0.4, 0.5) is 5.82 Å². The van der Waals surface area contributed by atoms with Crippen LogP contribution >= 0.6 is 36.4 Å². The van der Waals surface area contributed by atoms with E-state index in [4.69, 9.17) is 11.6 Å². The Labute approximate surface area is 124 Å². The molecule has 7 heteroatoms. The van der Waals surface area contributed by atoms with Gasteiger partial charge in [0.1, 0.15) is 17.3 Å². The van der Waals surface area contributed by atoms with Crippen LogP contribution in [0.1, 0.15) is 32.1 Å². The Hall–Kier alpha value is -0.580. The molecule has 0 aliphatic heterocycles. The minimum Gasteiger partial charge on any atom is -0.310 e. The molecule has 0 spiro atoms. The molecule has 0 atom stereocenters. The number of rotatable bonds is 2. The molecule has 0 radical (unpaired) electrons. The van der Waals surface area contributed by atoms with Crippen molar-refractivity contribution in [1.82, 2.24) is 9.97 Å². The van der Waals surface area contributed by atoms with Crippen molar-refractivity contribution in [1.29, 1.82) is 0 Å². The Balaban J connectivity index is 0.00000144. The van der Waals surface area contributed by atoms with Crippen molar-refractivity contribution in [2.45, 2.75) is 32.1 Å². The average molecular weight is 313 g/mol. The van der Waals surface area contributed by atoms with Gasteiger partial charge in [0.15, 0.2) is 0 Å². The molecule has 1 saturated carbocycles. The lowest BCUT2D eigenvalue weighted by Gasteiger charge is -2.20. The first-order valence-corrected chi connectivity index (χ1v) is 5.92. The monoisotopic (exact) mass is 311 g/mol. The number of carbonyl (C=O) groups is 1. The summed E-state index contributed by atoms with van der Waals surface area (Å²) in [5, 5.41) is 3.12. The van der Waals surface area contributed by atoms with Crippen molar-refractivity contribution in [3.63, 3.8) is 0 Å². The third-order valence-corrected chi connectivity index (χ3v) is 3.07. The lowest BCUT2D eigenvalue weighted by molar-refractivity contribution is -0.120. The van der Waals surface area contributed by atoms with E-state index >= 15 is 0 Å². The highest BCUT2D eigenvalue weighted by Crippen LogP contribution is 2.24. The quantitative estimate of drug-likeness (QED) is 0.850. The first kappa shape index (κ1) is 17.4. The lowest BCUT2D eigenvalue weighted by atomic mass is 9.89. The predicted molar refractivity (Wildman–Crippen MR) is 76.7 cm³/mol. The summed E-state index contributed by atoms with van der Waals surface area (Å²) in [6.07, 6.45) is 6.82. The fourth-order valence-electron chi connectivity index (χ4n) is 2.00. The second kappa shape index (κ2) is 8.51. The molecule has 18 heavy (non-hydrogen) atoms. The summed E-state index contributed by atoms with van der Waals surface area (Å²) >= 11 is 5.71. The highest BCUT2D eigenvalue weighted by atomic mass is 35.5. The summed E-state index contributed by atoms with van der Waals surface area (Å²) < 4.78 is 0. The fraction of sp³-hybridized carbons (Fsp3) is 0.545. The van der Waals surface area contributed by atoms with Crippen LogP contribution in [0.5, 0.6) is 0 Å². The Morgan fingerprint density at radius 2 is 1.89 bits per heavy atom. The third kappa shape index (κ3) is 4.96. The summed E-state index contributed by atoms with van der Waals surface area (Å²) in [5.41, 5.74) is 0. The van der Waals surface area contributed by atoms with Gasteiger partial charge in [0.2, 0.25) is 5.91 Å². The minimum atomic E-state index is 0. The zero-order valence-corrected chi connectivity index (χ0v) is 12.2. The van der Waals surface area contributed by atoms with E-state index in [0.717, 1.165) is 25.7 Å². The molecule has 1 fully saturated rings. The van der Waals surface area contributed by atoms with Gasteiger partial charge in [-0.25, -0.2) is 9.97 Å². The van der Waals surface area contributed by atoms with E-state index in [1.807, 2.05) is 0 Å². The van der Waals surface area contributed by atoms with Crippen molar-refractivity contribution in [3.05, 3.63) is 17.5 Å². The molecule has 102 valence electrons. The summed E-state index contributed by atoms with van der Waals surface area (Å²) in [6, 6.07) is 1.56. The summed E-state index contributed by atoms with van der Waals surface area (Å²) in [5.74, 6) is 0.660. The maximum absolute atomic E-state index is 11.9. The summed E-state index contributed by atoms with van der Waals surface area (Å²) in [6.45, 7) is 0. The number of nitrogens with zero attached hydrogens (tertiary/aromatic N) is 2. The van der Waals surface area contributed by atoms with Crippen molar-refractivity contribution >= 4 is 48.1 Å². The van der Waals surface area contributed by atoms with Gasteiger partial charge in [-0.1, -0.05) is 30.9 Å². The highest BCUT2D eigenvalue weighted by Gasteiger charge is 2.21. The second-order valence-corrected chi connectivity index (χ2v) is 4.44. The normalized spacial score (nSPS) is 15.2. The average Bonchev–Trinajstić information content (AvgIpc) is 2.30. The number of carbonyl (C=O) groups excluding carboxylic acids is 1. The molecule has 1 aliphatic carbocycles. The van der Waals surface area contributed by atoms with Crippen LogP contribution in [-0.2, 0) is 4.79 Å². The topological polar surface area (TPSA) is 54.9 Å². The smallest absolute Gasteiger partial charge is 0.228 e. The molecule has 4 nitrogen and oxygen atoms in total. The molecule has 2 rings (SSSR count). The zero-order valence-electron chi connectivity index (χ0n) is 9.76. The largest absolute Gasteiger partial charge is 0.310 e. The van der Waals surface area contributed by atoms with E-state index in [2.05, 4.69) is 15.3 Å². The van der Waals surface area contributed by atoms with Crippen molar-refractivity contribution < 1.29 is 4.79 Å². The Morgan fingerprint density at radius 3 is 2.50 bits per heavy atom. The van der Waals surface area contributed by atoms with Crippen LogP contribution in [0.3, 0.4) is 0 Å². The van der Waals surface area contributed by atoms with E-state index in [-0.39, 0.29) is 36.6 Å². The zero-order chi connectivity index (χ0) is 11.4. The van der Waals surface area contributed by atoms with Gasteiger partial charge in [-0.05, 0) is 12.8 Å². The van der Waals surface area contributed by atoms with Crippen LogP contribution in [-0.4, -0.2) is 15.9 Å². The van der Waals surface area contributed by atoms with Gasteiger partial charge >= 0.3 is 0 Å². The number of nitrogens with one attached hydrogen (secondary N) is 1. The number of aromatic nitrogens is 2. The van der Waals surface area contributed by atoms with Crippen molar-refractivity contribution in [2.24, 2.45) is 5.92 Å². The number of hydrogen-bond donors (Lipinski definition) is 1. The maximum Gasteiger partial charge on any atom is 0.228 e. The van der Waals surface area contributed by atoms with Gasteiger partial charge in [0.05, 0.1) is 0 Å².